The number of benzene rings is 1. The zero-order valence-electron chi connectivity index (χ0n) is 15.6. The monoisotopic (exact) mass is 406 g/mol. The van der Waals surface area contributed by atoms with Crippen molar-refractivity contribution in [3.05, 3.63) is 77.4 Å². The molecule has 29 heavy (non-hydrogen) atoms. The molecule has 8 heteroatoms. The summed E-state index contributed by atoms with van der Waals surface area (Å²) in [6.07, 6.45) is 1.66. The molecule has 0 fully saturated rings. The smallest absolute Gasteiger partial charge is 0.272 e. The number of rotatable bonds is 7. The van der Waals surface area contributed by atoms with Crippen LogP contribution in [0.3, 0.4) is 0 Å². The minimum atomic E-state index is -0.249. The summed E-state index contributed by atoms with van der Waals surface area (Å²) in [5.41, 5.74) is 2.02. The Kier molecular flexibility index (Phi) is 5.53. The van der Waals surface area contributed by atoms with E-state index in [1.54, 1.807) is 42.8 Å². The zero-order chi connectivity index (χ0) is 20.1. The second kappa shape index (κ2) is 8.57. The zero-order valence-corrected chi connectivity index (χ0v) is 16.4. The van der Waals surface area contributed by atoms with Gasteiger partial charge in [0.25, 0.3) is 5.91 Å². The van der Waals surface area contributed by atoms with Crippen LogP contribution in [-0.2, 0) is 6.54 Å². The van der Waals surface area contributed by atoms with Crippen molar-refractivity contribution in [1.82, 2.24) is 20.5 Å². The Hall–Kier alpha value is -3.65. The third-order valence-corrected chi connectivity index (χ3v) is 5.01. The first-order valence-corrected chi connectivity index (χ1v) is 9.73. The fourth-order valence-electron chi connectivity index (χ4n) is 2.63. The summed E-state index contributed by atoms with van der Waals surface area (Å²) < 4.78 is 10.9. The summed E-state index contributed by atoms with van der Waals surface area (Å²) >= 11 is 1.59. The van der Waals surface area contributed by atoms with Gasteiger partial charge in [-0.05, 0) is 35.2 Å². The van der Waals surface area contributed by atoms with E-state index in [1.165, 1.54) is 0 Å². The van der Waals surface area contributed by atoms with Crippen molar-refractivity contribution in [2.24, 2.45) is 0 Å². The van der Waals surface area contributed by atoms with Crippen LogP contribution in [0.4, 0.5) is 0 Å². The number of aromatic nitrogens is 3. The molecular weight excluding hydrogens is 388 g/mol. The van der Waals surface area contributed by atoms with Crippen LogP contribution >= 0.6 is 11.3 Å². The van der Waals surface area contributed by atoms with E-state index in [9.17, 15) is 4.79 Å². The van der Waals surface area contributed by atoms with Crippen molar-refractivity contribution in [3.63, 3.8) is 0 Å². The number of methoxy groups -OCH3 is 1. The molecule has 1 aromatic carbocycles. The second-order valence-corrected chi connectivity index (χ2v) is 7.06. The van der Waals surface area contributed by atoms with E-state index in [-0.39, 0.29) is 5.91 Å². The van der Waals surface area contributed by atoms with Gasteiger partial charge in [0, 0.05) is 24.9 Å². The molecule has 0 aliphatic heterocycles. The number of amides is 1. The van der Waals surface area contributed by atoms with Gasteiger partial charge >= 0.3 is 0 Å². The Bertz CT molecular complexity index is 1090. The van der Waals surface area contributed by atoms with Crippen molar-refractivity contribution in [1.29, 1.82) is 0 Å². The van der Waals surface area contributed by atoms with E-state index < -0.39 is 0 Å². The fraction of sp³-hybridized carbons (Fsp3) is 0.0952. The molecule has 2 N–H and O–H groups in total. The van der Waals surface area contributed by atoms with Crippen molar-refractivity contribution >= 4 is 17.2 Å². The van der Waals surface area contributed by atoms with Gasteiger partial charge in [0.2, 0.25) is 5.88 Å². The predicted molar refractivity (Wildman–Crippen MR) is 110 cm³/mol. The maximum atomic E-state index is 12.3. The number of nitrogens with zero attached hydrogens (tertiary/aromatic N) is 2. The molecule has 4 rings (SSSR count). The molecule has 0 spiro atoms. The summed E-state index contributed by atoms with van der Waals surface area (Å²) in [6, 6.07) is 16.6. The molecule has 146 valence electrons. The van der Waals surface area contributed by atoms with E-state index in [0.29, 0.717) is 29.6 Å². The highest BCUT2D eigenvalue weighted by Crippen LogP contribution is 2.24. The molecule has 0 radical (unpaired) electrons. The normalized spacial score (nSPS) is 10.5. The van der Waals surface area contributed by atoms with Crippen LogP contribution < -0.4 is 14.8 Å². The number of hydrogen-bond donors (Lipinski definition) is 2. The van der Waals surface area contributed by atoms with E-state index >= 15 is 0 Å². The van der Waals surface area contributed by atoms with Crippen molar-refractivity contribution in [3.8, 4) is 28.0 Å². The third kappa shape index (κ3) is 4.61. The quantitative estimate of drug-likeness (QED) is 0.479. The Morgan fingerprint density at radius 1 is 1.14 bits per heavy atom. The van der Waals surface area contributed by atoms with Crippen LogP contribution in [0.15, 0.2) is 66.2 Å². The Labute approximate surface area is 171 Å². The number of nitrogens with one attached hydrogen (secondary N) is 2. The van der Waals surface area contributed by atoms with Crippen LogP contribution in [-0.4, -0.2) is 28.2 Å². The molecule has 0 bridgehead atoms. The van der Waals surface area contributed by atoms with E-state index in [0.717, 1.165) is 16.1 Å². The number of ether oxygens (including phenoxy) is 2. The number of hydrogen-bond acceptors (Lipinski definition) is 6. The lowest BCUT2D eigenvalue weighted by Crippen LogP contribution is -2.23. The molecule has 0 saturated carbocycles. The predicted octanol–water partition coefficient (Wildman–Crippen LogP) is 4.26. The molecule has 0 aliphatic rings. The number of carbonyl (C=O) groups excluding carboxylic acids is 1. The van der Waals surface area contributed by atoms with Gasteiger partial charge in [-0.2, -0.15) is 5.10 Å². The van der Waals surface area contributed by atoms with Gasteiger partial charge in [-0.15, -0.1) is 11.3 Å². The molecule has 3 heterocycles. The third-order valence-electron chi connectivity index (χ3n) is 4.11. The van der Waals surface area contributed by atoms with Crippen LogP contribution in [0, 0.1) is 0 Å². The summed E-state index contributed by atoms with van der Waals surface area (Å²) in [7, 11) is 1.60. The largest absolute Gasteiger partial charge is 0.497 e. The topological polar surface area (TPSA) is 89.1 Å². The molecule has 0 atom stereocenters. The van der Waals surface area contributed by atoms with Gasteiger partial charge in [-0.3, -0.25) is 9.89 Å². The van der Waals surface area contributed by atoms with Gasteiger partial charge in [-0.25, -0.2) is 4.98 Å². The summed E-state index contributed by atoms with van der Waals surface area (Å²) in [4.78, 5) is 17.6. The Morgan fingerprint density at radius 2 is 2.03 bits per heavy atom. The van der Waals surface area contributed by atoms with Crippen LogP contribution in [0.5, 0.6) is 17.4 Å². The first-order valence-electron chi connectivity index (χ1n) is 8.85. The first kappa shape index (κ1) is 18.7. The fourth-order valence-corrected chi connectivity index (χ4v) is 3.32. The van der Waals surface area contributed by atoms with Gasteiger partial charge < -0.3 is 14.8 Å². The first-order chi connectivity index (χ1) is 14.2. The molecular formula is C21H18N4O3S. The minimum absolute atomic E-state index is 0.249. The lowest BCUT2D eigenvalue weighted by molar-refractivity contribution is 0.0946. The van der Waals surface area contributed by atoms with E-state index in [2.05, 4.69) is 20.5 Å². The molecule has 7 nitrogen and oxygen atoms in total. The summed E-state index contributed by atoms with van der Waals surface area (Å²) in [5, 5.41) is 11.8. The average Bonchev–Trinajstić information content (AvgIpc) is 3.45. The van der Waals surface area contributed by atoms with Crippen molar-refractivity contribution < 1.29 is 14.3 Å². The summed E-state index contributed by atoms with van der Waals surface area (Å²) in [6.45, 7) is 0.340. The van der Waals surface area contributed by atoms with Crippen LogP contribution in [0.1, 0.15) is 16.1 Å². The lowest BCUT2D eigenvalue weighted by Gasteiger charge is -2.07. The molecule has 4 aromatic rings. The minimum Gasteiger partial charge on any atom is -0.497 e. The molecule has 1 amide bonds. The molecule has 0 aliphatic carbocycles. The van der Waals surface area contributed by atoms with Gasteiger partial charge in [0.05, 0.1) is 17.7 Å². The van der Waals surface area contributed by atoms with Gasteiger partial charge in [0.1, 0.15) is 11.5 Å². The highest BCUT2D eigenvalue weighted by atomic mass is 32.1. The maximum Gasteiger partial charge on any atom is 0.272 e. The van der Waals surface area contributed by atoms with Gasteiger partial charge in [-0.1, -0.05) is 18.2 Å². The molecule has 0 saturated heterocycles. The molecule has 0 unspecified atom stereocenters. The number of aromatic amines is 1. The van der Waals surface area contributed by atoms with E-state index in [1.807, 2.05) is 41.8 Å². The van der Waals surface area contributed by atoms with Crippen molar-refractivity contribution in [2.75, 3.05) is 7.11 Å². The highest BCUT2D eigenvalue weighted by molar-refractivity contribution is 7.13. The summed E-state index contributed by atoms with van der Waals surface area (Å²) in [5.74, 6) is 1.56. The lowest BCUT2D eigenvalue weighted by atomic mass is 10.2. The standard InChI is InChI=1S/C21H18N4O3S/c1-27-15-4-2-5-16(10-15)28-20-8-7-14(12-22-20)13-23-21(26)18-11-17(24-25-18)19-6-3-9-29-19/h2-12H,13H2,1H3,(H,23,26)(H,24,25). The van der Waals surface area contributed by atoms with E-state index in [4.69, 9.17) is 9.47 Å². The van der Waals surface area contributed by atoms with Crippen LogP contribution in [0.25, 0.3) is 10.6 Å². The number of carbonyl (C=O) groups is 1. The number of thiophene rings is 1. The number of H-pyrrole nitrogens is 1. The molecule has 3 aromatic heterocycles. The second-order valence-electron chi connectivity index (χ2n) is 6.11. The average molecular weight is 406 g/mol. The SMILES string of the molecule is COc1cccc(Oc2ccc(CNC(=O)c3cc(-c4cccs4)[nH]n3)cn2)c1. The van der Waals surface area contributed by atoms with Gasteiger partial charge in [0.15, 0.2) is 5.69 Å². The Balaban J connectivity index is 1.33. The van der Waals surface area contributed by atoms with Crippen LogP contribution in [0.2, 0.25) is 0 Å². The Morgan fingerprint density at radius 3 is 2.79 bits per heavy atom. The van der Waals surface area contributed by atoms with Crippen molar-refractivity contribution in [2.45, 2.75) is 6.54 Å². The maximum absolute atomic E-state index is 12.3. The number of pyridine rings is 1. The highest BCUT2D eigenvalue weighted by Gasteiger charge is 2.12.